The summed E-state index contributed by atoms with van der Waals surface area (Å²) in [6, 6.07) is 7.71. The van der Waals surface area contributed by atoms with E-state index in [1.165, 1.54) is 16.9 Å². The summed E-state index contributed by atoms with van der Waals surface area (Å²) in [5.41, 5.74) is 1.19. The van der Waals surface area contributed by atoms with Crippen LogP contribution in [-0.2, 0) is 11.2 Å². The summed E-state index contributed by atoms with van der Waals surface area (Å²) in [5.74, 6) is 0.305. The molecule has 0 bridgehead atoms. The van der Waals surface area contributed by atoms with Gasteiger partial charge >= 0.3 is 0 Å². The molecule has 0 aliphatic carbocycles. The zero-order valence-corrected chi connectivity index (χ0v) is 15.2. The van der Waals surface area contributed by atoms with E-state index in [4.69, 9.17) is 0 Å². The molecule has 0 atom stereocenters. The Kier molecular flexibility index (Phi) is 5.81. The first-order valence-electron chi connectivity index (χ1n) is 8.62. The third kappa shape index (κ3) is 4.45. The Bertz CT molecular complexity index is 695. The molecule has 2 aromatic heterocycles. The number of amides is 2. The smallest absolute Gasteiger partial charge is 0.263 e. The Morgan fingerprint density at radius 3 is 2.60 bits per heavy atom. The number of hydrogen-bond acceptors (Lipinski definition) is 4. The highest BCUT2D eigenvalue weighted by Crippen LogP contribution is 2.22. The Morgan fingerprint density at radius 1 is 1.24 bits per heavy atom. The molecule has 3 heterocycles. The van der Waals surface area contributed by atoms with Gasteiger partial charge in [0.2, 0.25) is 5.91 Å². The van der Waals surface area contributed by atoms with Gasteiger partial charge in [0.1, 0.15) is 0 Å². The molecule has 2 aromatic rings. The maximum absolute atomic E-state index is 12.6. The normalized spacial score (nSPS) is 15.2. The topological polar surface area (TPSA) is 53.5 Å². The molecule has 0 unspecified atom stereocenters. The van der Waals surface area contributed by atoms with E-state index in [0.29, 0.717) is 19.6 Å². The van der Waals surface area contributed by atoms with Gasteiger partial charge in [-0.3, -0.25) is 14.6 Å². The average molecular weight is 357 g/mol. The van der Waals surface area contributed by atoms with E-state index in [9.17, 15) is 9.59 Å². The van der Waals surface area contributed by atoms with Crippen molar-refractivity contribution in [3.05, 3.63) is 52.5 Å². The summed E-state index contributed by atoms with van der Waals surface area (Å²) < 4.78 is 0. The number of carbonyl (C=O) groups excluding carboxylic acids is 2. The zero-order chi connectivity index (χ0) is 17.6. The van der Waals surface area contributed by atoms with E-state index in [0.717, 1.165) is 24.1 Å². The first-order valence-corrected chi connectivity index (χ1v) is 9.50. The number of rotatable bonds is 5. The number of piperidine rings is 1. The van der Waals surface area contributed by atoms with Gasteiger partial charge in [-0.1, -0.05) is 6.07 Å². The molecule has 0 N–H and O–H groups in total. The minimum Gasteiger partial charge on any atom is -0.345 e. The van der Waals surface area contributed by atoms with Crippen LogP contribution in [-0.4, -0.2) is 53.3 Å². The molecular formula is C19H23N3O2S. The number of likely N-dealkylation sites (N-methyl/N-ethyl adjacent to an activating group) is 1. The van der Waals surface area contributed by atoms with E-state index in [2.05, 4.69) is 4.98 Å². The lowest BCUT2D eigenvalue weighted by molar-refractivity contribution is -0.135. The van der Waals surface area contributed by atoms with Crippen LogP contribution in [0.25, 0.3) is 0 Å². The molecule has 0 aromatic carbocycles. The van der Waals surface area contributed by atoms with Gasteiger partial charge in [-0.05, 0) is 48.4 Å². The minimum atomic E-state index is 0.0230. The fourth-order valence-electron chi connectivity index (χ4n) is 3.15. The maximum atomic E-state index is 12.6. The molecule has 1 fully saturated rings. The number of thiophene rings is 1. The molecule has 25 heavy (non-hydrogen) atoms. The molecule has 6 heteroatoms. The van der Waals surface area contributed by atoms with Crippen molar-refractivity contribution < 1.29 is 9.59 Å². The fraction of sp³-hybridized carbons (Fsp3) is 0.421. The van der Waals surface area contributed by atoms with Crippen molar-refractivity contribution in [1.29, 1.82) is 0 Å². The summed E-state index contributed by atoms with van der Waals surface area (Å²) >= 11 is 1.47. The molecule has 132 valence electrons. The number of likely N-dealkylation sites (tertiary alicyclic amines) is 1. The first-order chi connectivity index (χ1) is 12.1. The van der Waals surface area contributed by atoms with Gasteiger partial charge in [0.15, 0.2) is 0 Å². The van der Waals surface area contributed by atoms with Crippen molar-refractivity contribution in [1.82, 2.24) is 14.8 Å². The standard InChI is InChI=1S/C19H23N3O2S/c1-21(11-6-15-4-9-20-10-5-15)18(23)16-7-12-22(13-8-16)19(24)17-3-2-14-25-17/h2-5,9-10,14,16H,6-8,11-13H2,1H3. The summed E-state index contributed by atoms with van der Waals surface area (Å²) in [6.07, 6.45) is 5.88. The third-order valence-corrected chi connectivity index (χ3v) is 5.58. The molecule has 3 rings (SSSR count). The molecule has 1 saturated heterocycles. The van der Waals surface area contributed by atoms with Gasteiger partial charge in [-0.2, -0.15) is 0 Å². The predicted molar refractivity (Wildman–Crippen MR) is 98.5 cm³/mol. The maximum Gasteiger partial charge on any atom is 0.263 e. The van der Waals surface area contributed by atoms with Gasteiger partial charge in [0, 0.05) is 45.0 Å². The van der Waals surface area contributed by atoms with Crippen molar-refractivity contribution in [2.45, 2.75) is 19.3 Å². The summed E-state index contributed by atoms with van der Waals surface area (Å²) in [4.78, 5) is 33.5. The van der Waals surface area contributed by atoms with Crippen LogP contribution in [0.4, 0.5) is 0 Å². The number of aromatic nitrogens is 1. The van der Waals surface area contributed by atoms with Crippen molar-refractivity contribution in [3.8, 4) is 0 Å². The molecule has 5 nitrogen and oxygen atoms in total. The van der Waals surface area contributed by atoms with E-state index in [-0.39, 0.29) is 17.7 Å². The summed E-state index contributed by atoms with van der Waals surface area (Å²) in [7, 11) is 1.87. The van der Waals surface area contributed by atoms with E-state index >= 15 is 0 Å². The monoisotopic (exact) mass is 357 g/mol. The molecule has 2 amide bonds. The van der Waals surface area contributed by atoms with Crippen molar-refractivity contribution in [3.63, 3.8) is 0 Å². The second kappa shape index (κ2) is 8.25. The molecule has 1 aliphatic rings. The van der Waals surface area contributed by atoms with E-state index in [1.54, 1.807) is 12.4 Å². The summed E-state index contributed by atoms with van der Waals surface area (Å²) in [6.45, 7) is 2.02. The molecule has 0 radical (unpaired) electrons. The highest BCUT2D eigenvalue weighted by atomic mass is 32.1. The van der Waals surface area contributed by atoms with Gasteiger partial charge in [0.25, 0.3) is 5.91 Å². The number of carbonyl (C=O) groups is 2. The van der Waals surface area contributed by atoms with Crippen LogP contribution < -0.4 is 0 Å². The largest absolute Gasteiger partial charge is 0.345 e. The lowest BCUT2D eigenvalue weighted by atomic mass is 9.95. The quantitative estimate of drug-likeness (QED) is 0.827. The van der Waals surface area contributed by atoms with Crippen molar-refractivity contribution in [2.24, 2.45) is 5.92 Å². The third-order valence-electron chi connectivity index (χ3n) is 4.72. The van der Waals surface area contributed by atoms with Crippen molar-refractivity contribution >= 4 is 23.2 Å². The summed E-state index contributed by atoms with van der Waals surface area (Å²) in [5, 5.41) is 1.92. The average Bonchev–Trinajstić information content (AvgIpc) is 3.20. The lowest BCUT2D eigenvalue weighted by Gasteiger charge is -2.33. The number of nitrogens with zero attached hydrogens (tertiary/aromatic N) is 3. The van der Waals surface area contributed by atoms with E-state index in [1.807, 2.05) is 46.5 Å². The minimum absolute atomic E-state index is 0.0230. The zero-order valence-electron chi connectivity index (χ0n) is 14.4. The first kappa shape index (κ1) is 17.6. The predicted octanol–water partition coefficient (Wildman–Crippen LogP) is 2.70. The SMILES string of the molecule is CN(CCc1ccncc1)C(=O)C1CCN(C(=O)c2cccs2)CC1. The van der Waals surface area contributed by atoms with Gasteiger partial charge in [0.05, 0.1) is 4.88 Å². The second-order valence-corrected chi connectivity index (χ2v) is 7.36. The van der Waals surface area contributed by atoms with Crippen LogP contribution in [0.2, 0.25) is 0 Å². The van der Waals surface area contributed by atoms with Crippen LogP contribution in [0, 0.1) is 5.92 Å². The van der Waals surface area contributed by atoms with Crippen LogP contribution in [0.5, 0.6) is 0 Å². The fourth-order valence-corrected chi connectivity index (χ4v) is 3.84. The number of pyridine rings is 1. The van der Waals surface area contributed by atoms with Gasteiger partial charge in [-0.25, -0.2) is 0 Å². The van der Waals surface area contributed by atoms with E-state index < -0.39 is 0 Å². The van der Waals surface area contributed by atoms with Crippen LogP contribution in [0.3, 0.4) is 0 Å². The lowest BCUT2D eigenvalue weighted by Crippen LogP contribution is -2.43. The Morgan fingerprint density at radius 2 is 1.96 bits per heavy atom. The number of hydrogen-bond donors (Lipinski definition) is 0. The molecule has 0 spiro atoms. The van der Waals surface area contributed by atoms with Crippen LogP contribution in [0.15, 0.2) is 42.0 Å². The Labute approximate surface area is 152 Å². The van der Waals surface area contributed by atoms with Gasteiger partial charge < -0.3 is 9.80 Å². The van der Waals surface area contributed by atoms with Gasteiger partial charge in [-0.15, -0.1) is 11.3 Å². The molecule has 0 saturated carbocycles. The Balaban J connectivity index is 1.47. The molecule has 1 aliphatic heterocycles. The highest BCUT2D eigenvalue weighted by molar-refractivity contribution is 7.12. The van der Waals surface area contributed by atoms with Crippen molar-refractivity contribution in [2.75, 3.05) is 26.7 Å². The van der Waals surface area contributed by atoms with Crippen LogP contribution in [0.1, 0.15) is 28.1 Å². The van der Waals surface area contributed by atoms with Crippen LogP contribution >= 0.6 is 11.3 Å². The molecular weight excluding hydrogens is 334 g/mol. The second-order valence-electron chi connectivity index (χ2n) is 6.41. The Hall–Kier alpha value is -2.21. The highest BCUT2D eigenvalue weighted by Gasteiger charge is 2.29.